The Balaban J connectivity index is 1.45. The van der Waals surface area contributed by atoms with Gasteiger partial charge in [-0.15, -0.1) is 0 Å². The standard InChI is InChI=1S/C25H36O4/c1-19-12-13-22(15-24(26)28-17-20-8-4-2-5-9-20)14-23(19)16-25(27)29-18-21-10-6-3-7-11-21/h12-14,20-21H,2-11,15-18H2,1H3. The van der Waals surface area contributed by atoms with Crippen LogP contribution in [0.25, 0.3) is 0 Å². The highest BCUT2D eigenvalue weighted by molar-refractivity contribution is 5.74. The molecule has 0 unspecified atom stereocenters. The van der Waals surface area contributed by atoms with Crippen molar-refractivity contribution in [1.82, 2.24) is 0 Å². The van der Waals surface area contributed by atoms with Crippen molar-refractivity contribution in [3.8, 4) is 0 Å². The van der Waals surface area contributed by atoms with Crippen molar-refractivity contribution in [3.05, 3.63) is 34.9 Å². The Morgan fingerprint density at radius 1 is 0.793 bits per heavy atom. The van der Waals surface area contributed by atoms with Crippen LogP contribution in [-0.4, -0.2) is 25.2 Å². The molecule has 1 aromatic carbocycles. The number of hydrogen-bond acceptors (Lipinski definition) is 4. The summed E-state index contributed by atoms with van der Waals surface area (Å²) < 4.78 is 11.0. The van der Waals surface area contributed by atoms with Crippen LogP contribution in [0.3, 0.4) is 0 Å². The number of carbonyl (C=O) groups is 2. The fourth-order valence-corrected chi connectivity index (χ4v) is 4.58. The Kier molecular flexibility index (Phi) is 8.57. The van der Waals surface area contributed by atoms with E-state index in [1.54, 1.807) is 0 Å². The van der Waals surface area contributed by atoms with Crippen LogP contribution in [0.5, 0.6) is 0 Å². The average molecular weight is 401 g/mol. The quantitative estimate of drug-likeness (QED) is 0.554. The highest BCUT2D eigenvalue weighted by atomic mass is 16.5. The smallest absolute Gasteiger partial charge is 0.310 e. The van der Waals surface area contributed by atoms with Crippen LogP contribution >= 0.6 is 0 Å². The van der Waals surface area contributed by atoms with Gasteiger partial charge in [0.25, 0.3) is 0 Å². The van der Waals surface area contributed by atoms with E-state index in [-0.39, 0.29) is 24.8 Å². The minimum atomic E-state index is -0.176. The van der Waals surface area contributed by atoms with Gasteiger partial charge < -0.3 is 9.47 Å². The predicted octanol–water partition coefficient (Wildman–Crippen LogP) is 5.33. The zero-order chi connectivity index (χ0) is 20.5. The molecule has 1 aromatic rings. The van der Waals surface area contributed by atoms with Crippen molar-refractivity contribution >= 4 is 11.9 Å². The number of benzene rings is 1. The summed E-state index contributed by atoms with van der Waals surface area (Å²) in [7, 11) is 0. The summed E-state index contributed by atoms with van der Waals surface area (Å²) in [6, 6.07) is 5.89. The molecule has 29 heavy (non-hydrogen) atoms. The highest BCUT2D eigenvalue weighted by Gasteiger charge is 2.18. The summed E-state index contributed by atoms with van der Waals surface area (Å²) in [6.07, 6.45) is 12.8. The summed E-state index contributed by atoms with van der Waals surface area (Å²) in [4.78, 5) is 24.5. The zero-order valence-electron chi connectivity index (χ0n) is 17.9. The maximum Gasteiger partial charge on any atom is 0.310 e. The molecular weight excluding hydrogens is 364 g/mol. The number of hydrogen-bond donors (Lipinski definition) is 0. The topological polar surface area (TPSA) is 52.6 Å². The Bertz CT molecular complexity index is 669. The largest absolute Gasteiger partial charge is 0.465 e. The number of rotatable bonds is 8. The van der Waals surface area contributed by atoms with Crippen LogP contribution in [0.15, 0.2) is 18.2 Å². The van der Waals surface area contributed by atoms with Crippen LogP contribution < -0.4 is 0 Å². The first-order chi connectivity index (χ1) is 14.1. The van der Waals surface area contributed by atoms with Crippen molar-refractivity contribution in [3.63, 3.8) is 0 Å². The first-order valence-electron chi connectivity index (χ1n) is 11.5. The molecule has 4 nitrogen and oxygen atoms in total. The fraction of sp³-hybridized carbons (Fsp3) is 0.680. The third-order valence-electron chi connectivity index (χ3n) is 6.51. The van der Waals surface area contributed by atoms with E-state index in [0.29, 0.717) is 25.0 Å². The molecule has 2 fully saturated rings. The Hall–Kier alpha value is -1.84. The molecule has 0 spiro atoms. The van der Waals surface area contributed by atoms with Gasteiger partial charge in [0.1, 0.15) is 0 Å². The molecule has 2 saturated carbocycles. The molecule has 0 amide bonds. The molecule has 0 N–H and O–H groups in total. The molecule has 3 rings (SSSR count). The van der Waals surface area contributed by atoms with Crippen LogP contribution in [0.2, 0.25) is 0 Å². The predicted molar refractivity (Wildman–Crippen MR) is 114 cm³/mol. The SMILES string of the molecule is Cc1ccc(CC(=O)OCC2CCCCC2)cc1CC(=O)OCC1CCCCC1. The summed E-state index contributed by atoms with van der Waals surface area (Å²) in [5.74, 6) is 0.709. The third-order valence-corrected chi connectivity index (χ3v) is 6.51. The van der Waals surface area contributed by atoms with Gasteiger partial charge in [-0.2, -0.15) is 0 Å². The molecule has 2 aliphatic rings. The van der Waals surface area contributed by atoms with E-state index in [2.05, 4.69) is 0 Å². The molecule has 0 bridgehead atoms. The molecule has 0 heterocycles. The minimum absolute atomic E-state index is 0.171. The third kappa shape index (κ3) is 7.49. The summed E-state index contributed by atoms with van der Waals surface area (Å²) in [5, 5.41) is 0. The number of ether oxygens (including phenoxy) is 2. The van der Waals surface area contributed by atoms with Crippen molar-refractivity contribution in [2.45, 2.75) is 84.0 Å². The lowest BCUT2D eigenvalue weighted by molar-refractivity contribution is -0.145. The Labute approximate surface area is 175 Å². The van der Waals surface area contributed by atoms with Gasteiger partial charge >= 0.3 is 11.9 Å². The normalized spacial score (nSPS) is 18.4. The first-order valence-corrected chi connectivity index (χ1v) is 11.5. The molecule has 0 aromatic heterocycles. The molecular formula is C25H36O4. The number of esters is 2. The maximum absolute atomic E-state index is 12.3. The molecule has 0 atom stereocenters. The van der Waals surface area contributed by atoms with Gasteiger partial charge in [0.05, 0.1) is 26.1 Å². The van der Waals surface area contributed by atoms with E-state index in [0.717, 1.165) is 16.7 Å². The van der Waals surface area contributed by atoms with Gasteiger partial charge in [-0.25, -0.2) is 0 Å². The van der Waals surface area contributed by atoms with E-state index in [4.69, 9.17) is 9.47 Å². The lowest BCUT2D eigenvalue weighted by Crippen LogP contribution is -2.18. The Morgan fingerprint density at radius 2 is 1.31 bits per heavy atom. The van der Waals surface area contributed by atoms with E-state index >= 15 is 0 Å². The zero-order valence-corrected chi connectivity index (χ0v) is 17.9. The van der Waals surface area contributed by atoms with Crippen molar-refractivity contribution in [2.75, 3.05) is 13.2 Å². The van der Waals surface area contributed by atoms with Crippen LogP contribution in [-0.2, 0) is 31.9 Å². The lowest BCUT2D eigenvalue weighted by Gasteiger charge is -2.21. The van der Waals surface area contributed by atoms with Crippen LogP contribution in [0.1, 0.15) is 80.9 Å². The van der Waals surface area contributed by atoms with Gasteiger partial charge in [-0.3, -0.25) is 9.59 Å². The highest BCUT2D eigenvalue weighted by Crippen LogP contribution is 2.25. The van der Waals surface area contributed by atoms with Gasteiger partial charge in [0, 0.05) is 0 Å². The van der Waals surface area contributed by atoms with Crippen LogP contribution in [0.4, 0.5) is 0 Å². The van der Waals surface area contributed by atoms with E-state index in [9.17, 15) is 9.59 Å². The molecule has 0 radical (unpaired) electrons. The second-order valence-electron chi connectivity index (χ2n) is 8.99. The second-order valence-corrected chi connectivity index (χ2v) is 8.99. The molecule has 2 aliphatic carbocycles. The van der Waals surface area contributed by atoms with Crippen molar-refractivity contribution in [2.24, 2.45) is 11.8 Å². The minimum Gasteiger partial charge on any atom is -0.465 e. The lowest BCUT2D eigenvalue weighted by atomic mass is 9.90. The summed E-state index contributed by atoms with van der Waals surface area (Å²) in [5.41, 5.74) is 2.90. The van der Waals surface area contributed by atoms with E-state index in [1.165, 1.54) is 64.2 Å². The van der Waals surface area contributed by atoms with Gasteiger partial charge in [-0.1, -0.05) is 56.7 Å². The van der Waals surface area contributed by atoms with E-state index in [1.807, 2.05) is 25.1 Å². The molecule has 0 saturated heterocycles. The van der Waals surface area contributed by atoms with Crippen molar-refractivity contribution < 1.29 is 19.1 Å². The van der Waals surface area contributed by atoms with Gasteiger partial charge in [-0.05, 0) is 61.1 Å². The first kappa shape index (κ1) is 21.9. The van der Waals surface area contributed by atoms with Crippen molar-refractivity contribution in [1.29, 1.82) is 0 Å². The van der Waals surface area contributed by atoms with E-state index < -0.39 is 0 Å². The summed E-state index contributed by atoms with van der Waals surface area (Å²) >= 11 is 0. The molecule has 0 aliphatic heterocycles. The van der Waals surface area contributed by atoms with Crippen LogP contribution in [0, 0.1) is 18.8 Å². The fourth-order valence-electron chi connectivity index (χ4n) is 4.58. The monoisotopic (exact) mass is 400 g/mol. The number of aryl methyl sites for hydroxylation is 1. The molecule has 4 heteroatoms. The maximum atomic E-state index is 12.3. The van der Waals surface area contributed by atoms with Gasteiger partial charge in [0.15, 0.2) is 0 Å². The number of carbonyl (C=O) groups excluding carboxylic acids is 2. The molecule has 160 valence electrons. The van der Waals surface area contributed by atoms with Gasteiger partial charge in [0.2, 0.25) is 0 Å². The summed E-state index contributed by atoms with van der Waals surface area (Å²) in [6.45, 7) is 3.09. The second kappa shape index (κ2) is 11.4. The Morgan fingerprint density at radius 3 is 1.86 bits per heavy atom. The average Bonchev–Trinajstić information content (AvgIpc) is 2.75.